The Kier molecular flexibility index (Phi) is 9.18. The summed E-state index contributed by atoms with van der Waals surface area (Å²) in [5.41, 5.74) is 1.65. The topological polar surface area (TPSA) is 58.6 Å². The maximum absolute atomic E-state index is 13.3. The van der Waals surface area contributed by atoms with E-state index in [1.54, 1.807) is 18.1 Å². The fourth-order valence-corrected chi connectivity index (χ4v) is 3.44. The van der Waals surface area contributed by atoms with Crippen molar-refractivity contribution in [2.24, 2.45) is 0 Å². The SMILES string of the molecule is CC[C@@H](C)NC(=O)[C@H](CC)N(Cc1cccc(OC)c1)C(=O)Cc1ccccc1Cl. The molecule has 2 aromatic carbocycles. The minimum Gasteiger partial charge on any atom is -0.497 e. The predicted molar refractivity (Wildman–Crippen MR) is 121 cm³/mol. The summed E-state index contributed by atoms with van der Waals surface area (Å²) in [5, 5.41) is 3.56. The van der Waals surface area contributed by atoms with Gasteiger partial charge in [-0.15, -0.1) is 0 Å². The summed E-state index contributed by atoms with van der Waals surface area (Å²) in [4.78, 5) is 28.0. The Balaban J connectivity index is 2.33. The maximum atomic E-state index is 13.3. The molecule has 0 heterocycles. The van der Waals surface area contributed by atoms with Crippen molar-refractivity contribution < 1.29 is 14.3 Å². The van der Waals surface area contributed by atoms with Gasteiger partial charge in [-0.3, -0.25) is 9.59 Å². The first kappa shape index (κ1) is 23.7. The number of hydrogen-bond acceptors (Lipinski definition) is 3. The number of ether oxygens (including phenoxy) is 1. The van der Waals surface area contributed by atoms with E-state index in [9.17, 15) is 9.59 Å². The minimum atomic E-state index is -0.569. The zero-order chi connectivity index (χ0) is 22.1. The molecule has 6 heteroatoms. The van der Waals surface area contributed by atoms with Gasteiger partial charge in [0.05, 0.1) is 13.5 Å². The molecule has 0 fully saturated rings. The molecule has 0 aromatic heterocycles. The number of nitrogens with zero attached hydrogens (tertiary/aromatic N) is 1. The summed E-state index contributed by atoms with van der Waals surface area (Å²) in [5.74, 6) is 0.433. The van der Waals surface area contributed by atoms with Crippen molar-refractivity contribution >= 4 is 23.4 Å². The Hall–Kier alpha value is -2.53. The molecule has 0 aliphatic heterocycles. The van der Waals surface area contributed by atoms with Crippen molar-refractivity contribution in [1.29, 1.82) is 0 Å². The molecule has 0 radical (unpaired) electrons. The molecule has 2 atom stereocenters. The largest absolute Gasteiger partial charge is 0.497 e. The van der Waals surface area contributed by atoms with Crippen LogP contribution in [0.25, 0.3) is 0 Å². The van der Waals surface area contributed by atoms with E-state index in [0.717, 1.165) is 17.5 Å². The molecule has 2 amide bonds. The van der Waals surface area contributed by atoms with Crippen molar-refractivity contribution in [2.45, 2.75) is 58.7 Å². The highest BCUT2D eigenvalue weighted by molar-refractivity contribution is 6.31. The van der Waals surface area contributed by atoms with E-state index >= 15 is 0 Å². The number of halogens is 1. The van der Waals surface area contributed by atoms with Crippen LogP contribution < -0.4 is 10.1 Å². The van der Waals surface area contributed by atoms with Crippen LogP contribution in [-0.4, -0.2) is 35.9 Å². The highest BCUT2D eigenvalue weighted by Gasteiger charge is 2.29. The van der Waals surface area contributed by atoms with Crippen molar-refractivity contribution in [1.82, 2.24) is 10.2 Å². The van der Waals surface area contributed by atoms with Gasteiger partial charge in [-0.25, -0.2) is 0 Å². The van der Waals surface area contributed by atoms with Crippen LogP contribution in [0.15, 0.2) is 48.5 Å². The van der Waals surface area contributed by atoms with Gasteiger partial charge in [0.25, 0.3) is 0 Å². The Bertz CT molecular complexity index is 856. The minimum absolute atomic E-state index is 0.0453. The summed E-state index contributed by atoms with van der Waals surface area (Å²) in [6.45, 7) is 6.21. The smallest absolute Gasteiger partial charge is 0.243 e. The second-order valence-corrected chi connectivity index (χ2v) is 7.79. The van der Waals surface area contributed by atoms with Crippen LogP contribution in [0.4, 0.5) is 0 Å². The molecule has 5 nitrogen and oxygen atoms in total. The Morgan fingerprint density at radius 3 is 2.47 bits per heavy atom. The fraction of sp³-hybridized carbons (Fsp3) is 0.417. The van der Waals surface area contributed by atoms with Gasteiger partial charge in [0.2, 0.25) is 11.8 Å². The summed E-state index contributed by atoms with van der Waals surface area (Å²) in [6.07, 6.45) is 1.48. The van der Waals surface area contributed by atoms with Gasteiger partial charge in [0.1, 0.15) is 11.8 Å². The molecule has 30 heavy (non-hydrogen) atoms. The number of methoxy groups -OCH3 is 1. The van der Waals surface area contributed by atoms with E-state index in [2.05, 4.69) is 5.32 Å². The van der Waals surface area contributed by atoms with E-state index in [0.29, 0.717) is 23.7 Å². The van der Waals surface area contributed by atoms with Gasteiger partial charge in [-0.2, -0.15) is 0 Å². The van der Waals surface area contributed by atoms with Gasteiger partial charge in [-0.05, 0) is 49.1 Å². The third-order valence-corrected chi connectivity index (χ3v) is 5.54. The first-order valence-corrected chi connectivity index (χ1v) is 10.7. The maximum Gasteiger partial charge on any atom is 0.243 e. The lowest BCUT2D eigenvalue weighted by atomic mass is 10.1. The van der Waals surface area contributed by atoms with Gasteiger partial charge in [-0.1, -0.05) is 55.8 Å². The lowest BCUT2D eigenvalue weighted by molar-refractivity contribution is -0.141. The fourth-order valence-electron chi connectivity index (χ4n) is 3.23. The summed E-state index contributed by atoms with van der Waals surface area (Å²) >= 11 is 6.27. The number of amides is 2. The second-order valence-electron chi connectivity index (χ2n) is 7.38. The average Bonchev–Trinajstić information content (AvgIpc) is 2.75. The molecule has 0 spiro atoms. The lowest BCUT2D eigenvalue weighted by Crippen LogP contribution is -2.51. The Morgan fingerprint density at radius 1 is 1.10 bits per heavy atom. The quantitative estimate of drug-likeness (QED) is 0.598. The third-order valence-electron chi connectivity index (χ3n) is 5.17. The van der Waals surface area contributed by atoms with Crippen LogP contribution in [0.2, 0.25) is 5.02 Å². The molecule has 0 saturated carbocycles. The standard InChI is InChI=1S/C24H31ClN2O3/c1-5-17(3)26-24(29)22(6-2)27(16-18-10-9-12-20(14-18)30-4)23(28)15-19-11-7-8-13-21(19)25/h7-14,17,22H,5-6,15-16H2,1-4H3,(H,26,29)/t17-,22+/m1/s1. The van der Waals surface area contributed by atoms with Gasteiger partial charge in [0, 0.05) is 17.6 Å². The summed E-state index contributed by atoms with van der Waals surface area (Å²) in [7, 11) is 1.61. The number of carbonyl (C=O) groups excluding carboxylic acids is 2. The van der Waals surface area contributed by atoms with Crippen molar-refractivity contribution in [3.8, 4) is 5.75 Å². The zero-order valence-electron chi connectivity index (χ0n) is 18.2. The van der Waals surface area contributed by atoms with Crippen LogP contribution in [-0.2, 0) is 22.6 Å². The van der Waals surface area contributed by atoms with Gasteiger partial charge in [0.15, 0.2) is 0 Å². The van der Waals surface area contributed by atoms with Crippen molar-refractivity contribution in [3.05, 3.63) is 64.7 Å². The van der Waals surface area contributed by atoms with Crippen molar-refractivity contribution in [2.75, 3.05) is 7.11 Å². The number of hydrogen-bond donors (Lipinski definition) is 1. The molecule has 162 valence electrons. The molecule has 0 bridgehead atoms. The molecule has 2 aromatic rings. The highest BCUT2D eigenvalue weighted by Crippen LogP contribution is 2.21. The normalized spacial score (nSPS) is 12.7. The highest BCUT2D eigenvalue weighted by atomic mass is 35.5. The first-order chi connectivity index (χ1) is 14.4. The number of benzene rings is 2. The van der Waals surface area contributed by atoms with Crippen LogP contribution in [0.5, 0.6) is 5.75 Å². The molecule has 1 N–H and O–H groups in total. The van der Waals surface area contributed by atoms with Crippen LogP contribution in [0.3, 0.4) is 0 Å². The van der Waals surface area contributed by atoms with Gasteiger partial charge >= 0.3 is 0 Å². The van der Waals surface area contributed by atoms with Crippen LogP contribution in [0, 0.1) is 0 Å². The van der Waals surface area contributed by atoms with E-state index in [1.807, 2.05) is 63.2 Å². The molecule has 0 aliphatic carbocycles. The van der Waals surface area contributed by atoms with E-state index in [4.69, 9.17) is 16.3 Å². The molecular weight excluding hydrogens is 400 g/mol. The number of rotatable bonds is 10. The van der Waals surface area contributed by atoms with E-state index < -0.39 is 6.04 Å². The molecular formula is C24H31ClN2O3. The summed E-state index contributed by atoms with van der Waals surface area (Å²) < 4.78 is 5.31. The average molecular weight is 431 g/mol. The Morgan fingerprint density at radius 2 is 1.83 bits per heavy atom. The van der Waals surface area contributed by atoms with E-state index in [1.165, 1.54) is 0 Å². The number of nitrogens with one attached hydrogen (secondary N) is 1. The lowest BCUT2D eigenvalue weighted by Gasteiger charge is -2.31. The van der Waals surface area contributed by atoms with Crippen molar-refractivity contribution in [3.63, 3.8) is 0 Å². The van der Waals surface area contributed by atoms with E-state index in [-0.39, 0.29) is 24.3 Å². The molecule has 0 aliphatic rings. The monoisotopic (exact) mass is 430 g/mol. The first-order valence-electron chi connectivity index (χ1n) is 10.4. The number of carbonyl (C=O) groups is 2. The summed E-state index contributed by atoms with van der Waals surface area (Å²) in [6, 6.07) is 14.3. The predicted octanol–water partition coefficient (Wildman–Crippen LogP) is 4.61. The zero-order valence-corrected chi connectivity index (χ0v) is 18.9. The molecule has 0 saturated heterocycles. The third kappa shape index (κ3) is 6.49. The van der Waals surface area contributed by atoms with Crippen LogP contribution in [0.1, 0.15) is 44.7 Å². The molecule has 2 rings (SSSR count). The molecule has 0 unspecified atom stereocenters. The van der Waals surface area contributed by atoms with Gasteiger partial charge < -0.3 is 15.0 Å². The van der Waals surface area contributed by atoms with Crippen LogP contribution >= 0.6 is 11.6 Å². The Labute approximate surface area is 184 Å². The second kappa shape index (κ2) is 11.6.